The van der Waals surface area contributed by atoms with E-state index in [1.54, 1.807) is 30.5 Å². The minimum atomic E-state index is -0.486. The van der Waals surface area contributed by atoms with Crippen molar-refractivity contribution in [1.29, 1.82) is 0 Å². The molecule has 1 atom stereocenters. The monoisotopic (exact) mass is 483 g/mol. The molecule has 2 heterocycles. The van der Waals surface area contributed by atoms with Crippen molar-refractivity contribution in [3.8, 4) is 17.6 Å². The molecule has 0 saturated carbocycles. The number of carbonyl (C=O) groups is 1. The highest BCUT2D eigenvalue weighted by Gasteiger charge is 2.46. The van der Waals surface area contributed by atoms with E-state index in [1.807, 2.05) is 0 Å². The molecule has 1 fully saturated rings. The summed E-state index contributed by atoms with van der Waals surface area (Å²) in [5.74, 6) is 6.64. The maximum absolute atomic E-state index is 11.1. The van der Waals surface area contributed by atoms with Crippen LogP contribution in [0.5, 0.6) is 5.75 Å². The molecule has 1 aliphatic carbocycles. The van der Waals surface area contributed by atoms with Gasteiger partial charge in [-0.2, -0.15) is 0 Å². The van der Waals surface area contributed by atoms with Crippen molar-refractivity contribution in [2.24, 2.45) is 16.9 Å². The summed E-state index contributed by atoms with van der Waals surface area (Å²) in [6, 6.07) is 15.1. The second-order valence-electron chi connectivity index (χ2n) is 9.37. The van der Waals surface area contributed by atoms with E-state index in [-0.39, 0.29) is 24.7 Å². The third-order valence-corrected chi connectivity index (χ3v) is 7.29. The number of anilines is 1. The lowest BCUT2D eigenvalue weighted by molar-refractivity contribution is 0.1000. The van der Waals surface area contributed by atoms with Gasteiger partial charge in [-0.15, -0.1) is 0 Å². The van der Waals surface area contributed by atoms with Gasteiger partial charge < -0.3 is 26.2 Å². The van der Waals surface area contributed by atoms with Crippen LogP contribution in [0, 0.1) is 17.3 Å². The van der Waals surface area contributed by atoms with Gasteiger partial charge in [0, 0.05) is 24.7 Å². The van der Waals surface area contributed by atoms with Crippen LogP contribution in [0.15, 0.2) is 54.7 Å². The molecule has 8 nitrogen and oxygen atoms in total. The van der Waals surface area contributed by atoms with Crippen molar-refractivity contribution < 1.29 is 14.6 Å². The van der Waals surface area contributed by atoms with Gasteiger partial charge in [0.1, 0.15) is 23.7 Å². The predicted molar refractivity (Wildman–Crippen MR) is 136 cm³/mol. The van der Waals surface area contributed by atoms with Crippen molar-refractivity contribution in [2.45, 2.75) is 31.9 Å². The van der Waals surface area contributed by atoms with Gasteiger partial charge in [0.15, 0.2) is 5.82 Å². The number of aromatic nitrogens is 2. The van der Waals surface area contributed by atoms with Gasteiger partial charge in [0.25, 0.3) is 0 Å². The second kappa shape index (κ2) is 9.97. The zero-order valence-corrected chi connectivity index (χ0v) is 20.0. The molecule has 1 spiro atoms. The van der Waals surface area contributed by atoms with E-state index in [9.17, 15) is 9.90 Å². The molecule has 2 aliphatic rings. The smallest absolute Gasteiger partial charge is 0.248 e. The number of piperidine rings is 1. The number of primary amides is 1. The fraction of sp³-hybridized carbons (Fsp3) is 0.321. The van der Waals surface area contributed by atoms with Crippen LogP contribution in [0.25, 0.3) is 0 Å². The van der Waals surface area contributed by atoms with Gasteiger partial charge in [0.05, 0.1) is 12.8 Å². The Labute approximate surface area is 210 Å². The summed E-state index contributed by atoms with van der Waals surface area (Å²) in [7, 11) is 0. The van der Waals surface area contributed by atoms with Crippen LogP contribution in [-0.4, -0.2) is 40.7 Å². The molecule has 3 aromatic rings. The number of hydrogen-bond acceptors (Lipinski definition) is 7. The highest BCUT2D eigenvalue weighted by molar-refractivity contribution is 5.92. The van der Waals surface area contributed by atoms with Crippen LogP contribution in [0.3, 0.4) is 0 Å². The Bertz CT molecular complexity index is 1320. The van der Waals surface area contributed by atoms with E-state index in [1.165, 1.54) is 11.1 Å². The predicted octanol–water partition coefficient (Wildman–Crippen LogP) is 2.34. The van der Waals surface area contributed by atoms with Crippen molar-refractivity contribution in [3.05, 3.63) is 82.8 Å². The first-order valence-corrected chi connectivity index (χ1v) is 12.1. The van der Waals surface area contributed by atoms with Crippen LogP contribution in [0.4, 0.5) is 5.82 Å². The summed E-state index contributed by atoms with van der Waals surface area (Å²) in [5, 5.41) is 9.97. The number of ether oxygens (including phenoxy) is 1. The molecule has 1 saturated heterocycles. The molecule has 0 unspecified atom stereocenters. The van der Waals surface area contributed by atoms with Crippen LogP contribution in [0.2, 0.25) is 0 Å². The Morgan fingerprint density at radius 1 is 1.17 bits per heavy atom. The van der Waals surface area contributed by atoms with E-state index in [2.05, 4.69) is 51.0 Å². The topological polar surface area (TPSA) is 128 Å². The van der Waals surface area contributed by atoms with E-state index in [0.29, 0.717) is 28.5 Å². The summed E-state index contributed by atoms with van der Waals surface area (Å²) >= 11 is 0. The number of hydrogen-bond donors (Lipinski definition) is 3. The molecule has 1 aliphatic heterocycles. The summed E-state index contributed by atoms with van der Waals surface area (Å²) < 4.78 is 5.57. The first kappa shape index (κ1) is 23.8. The first-order valence-electron chi connectivity index (χ1n) is 12.1. The molecule has 1 aromatic heterocycles. The Balaban J connectivity index is 1.21. The van der Waals surface area contributed by atoms with E-state index >= 15 is 0 Å². The Morgan fingerprint density at radius 3 is 2.61 bits per heavy atom. The van der Waals surface area contributed by atoms with Crippen LogP contribution in [-0.2, 0) is 13.0 Å². The number of benzene rings is 2. The molecule has 1 amide bonds. The Hall–Kier alpha value is -3.93. The van der Waals surface area contributed by atoms with Crippen molar-refractivity contribution in [2.75, 3.05) is 24.6 Å². The lowest BCUT2D eigenvalue weighted by Gasteiger charge is -2.42. The fourth-order valence-corrected chi connectivity index (χ4v) is 5.28. The molecule has 0 bridgehead atoms. The molecule has 184 valence electrons. The molecular weight excluding hydrogens is 454 g/mol. The first-order chi connectivity index (χ1) is 17.5. The summed E-state index contributed by atoms with van der Waals surface area (Å²) in [4.78, 5) is 22.4. The highest BCUT2D eigenvalue weighted by atomic mass is 16.5. The molecular formula is C28H29N5O3. The Kier molecular flexibility index (Phi) is 6.59. The standard InChI is InChI=1S/C28H29N5O3/c29-25-23-6-2-1-4-20(23)16-28(25)11-13-33(14-12-28)27-24(18-34)32-21(17-31-27)5-3-15-36-22-9-7-19(8-10-22)26(30)35/h1-2,4,6-10,17,25,34H,11-16,18,29H2,(H2,30,35)/t25-/m1/s1. The van der Waals surface area contributed by atoms with Gasteiger partial charge in [-0.25, -0.2) is 9.97 Å². The average molecular weight is 484 g/mol. The maximum Gasteiger partial charge on any atom is 0.248 e. The average Bonchev–Trinajstić information content (AvgIpc) is 3.18. The van der Waals surface area contributed by atoms with Crippen molar-refractivity contribution in [3.63, 3.8) is 0 Å². The number of rotatable bonds is 5. The van der Waals surface area contributed by atoms with Gasteiger partial charge in [-0.1, -0.05) is 30.2 Å². The number of amides is 1. The Morgan fingerprint density at radius 2 is 1.92 bits per heavy atom. The van der Waals surface area contributed by atoms with E-state index in [4.69, 9.17) is 16.2 Å². The molecule has 5 rings (SSSR count). The van der Waals surface area contributed by atoms with Gasteiger partial charge >= 0.3 is 0 Å². The summed E-state index contributed by atoms with van der Waals surface area (Å²) in [6.45, 7) is 1.56. The molecule has 2 aromatic carbocycles. The summed E-state index contributed by atoms with van der Waals surface area (Å²) in [5.41, 5.74) is 16.1. The molecule has 8 heteroatoms. The fourth-order valence-electron chi connectivity index (χ4n) is 5.28. The zero-order valence-electron chi connectivity index (χ0n) is 20.0. The number of fused-ring (bicyclic) bond motifs is 1. The third-order valence-electron chi connectivity index (χ3n) is 7.29. The third kappa shape index (κ3) is 4.63. The minimum Gasteiger partial charge on any atom is -0.481 e. The van der Waals surface area contributed by atoms with E-state index in [0.717, 1.165) is 32.4 Å². The minimum absolute atomic E-state index is 0.0557. The van der Waals surface area contributed by atoms with Crippen LogP contribution in [0.1, 0.15) is 51.8 Å². The van der Waals surface area contributed by atoms with E-state index < -0.39 is 5.91 Å². The second-order valence-corrected chi connectivity index (χ2v) is 9.37. The highest BCUT2D eigenvalue weighted by Crippen LogP contribution is 2.50. The van der Waals surface area contributed by atoms with Crippen molar-refractivity contribution in [1.82, 2.24) is 9.97 Å². The summed E-state index contributed by atoms with van der Waals surface area (Å²) in [6.07, 6.45) is 4.58. The number of nitrogens with two attached hydrogens (primary N) is 2. The van der Waals surface area contributed by atoms with Crippen LogP contribution < -0.4 is 21.1 Å². The SMILES string of the molecule is NC(=O)c1ccc(OCC#Cc2cnc(N3CCC4(CC3)Cc3ccccc3[C@H]4N)c(CO)n2)cc1. The lowest BCUT2D eigenvalue weighted by atomic mass is 9.73. The van der Waals surface area contributed by atoms with Gasteiger partial charge in [-0.3, -0.25) is 4.79 Å². The molecule has 36 heavy (non-hydrogen) atoms. The number of aliphatic hydroxyl groups is 1. The molecule has 0 radical (unpaired) electrons. The molecule has 5 N–H and O–H groups in total. The van der Waals surface area contributed by atoms with Crippen LogP contribution >= 0.6 is 0 Å². The largest absolute Gasteiger partial charge is 0.481 e. The number of aliphatic hydroxyl groups excluding tert-OH is 1. The normalized spacial score (nSPS) is 17.8. The quantitative estimate of drug-likeness (QED) is 0.475. The number of nitrogens with zero attached hydrogens (tertiary/aromatic N) is 3. The maximum atomic E-state index is 11.1. The lowest BCUT2D eigenvalue weighted by Crippen LogP contribution is -2.45. The van der Waals surface area contributed by atoms with Gasteiger partial charge in [0.2, 0.25) is 5.91 Å². The zero-order chi connectivity index (χ0) is 25.1. The van der Waals surface area contributed by atoms with Gasteiger partial charge in [-0.05, 0) is 66.0 Å². The van der Waals surface area contributed by atoms with Crippen molar-refractivity contribution >= 4 is 11.7 Å². The number of carbonyl (C=O) groups excluding carboxylic acids is 1.